The lowest BCUT2D eigenvalue weighted by atomic mass is 10.3. The third kappa shape index (κ3) is 10.4. The molecule has 0 atom stereocenters. The molecule has 0 aliphatic carbocycles. The van der Waals surface area contributed by atoms with Gasteiger partial charge >= 0.3 is 0 Å². The first kappa shape index (κ1) is 15.8. The van der Waals surface area contributed by atoms with Crippen LogP contribution in [-0.2, 0) is 0 Å². The molecule has 0 amide bonds. The first-order valence-corrected chi connectivity index (χ1v) is 6.79. The van der Waals surface area contributed by atoms with E-state index in [2.05, 4.69) is 29.8 Å². The Bertz CT molecular complexity index is 106. The van der Waals surface area contributed by atoms with Gasteiger partial charge in [0.25, 0.3) is 0 Å². The second-order valence-electron chi connectivity index (χ2n) is 4.17. The van der Waals surface area contributed by atoms with E-state index in [1.165, 1.54) is 25.7 Å². The first-order valence-electron chi connectivity index (χ1n) is 6.79. The maximum Gasteiger partial charge on any atom is 0.0288 e. The zero-order valence-corrected chi connectivity index (χ0v) is 11.1. The summed E-state index contributed by atoms with van der Waals surface area (Å²) in [5, 5.41) is 2.14. The zero-order chi connectivity index (χ0) is 12.1. The SMILES string of the molecule is CCCCNN(CCCCN)NCCCC. The third-order valence-electron chi connectivity index (χ3n) is 2.50. The molecule has 98 valence electrons. The number of nitrogens with zero attached hydrogens (tertiary/aromatic N) is 1. The zero-order valence-electron chi connectivity index (χ0n) is 11.1. The molecule has 0 spiro atoms. The van der Waals surface area contributed by atoms with Crippen LogP contribution in [-0.4, -0.2) is 31.3 Å². The van der Waals surface area contributed by atoms with Crippen LogP contribution in [0.1, 0.15) is 52.4 Å². The monoisotopic (exact) mass is 230 g/mol. The number of rotatable bonds is 12. The Morgan fingerprint density at radius 3 is 1.88 bits per heavy atom. The van der Waals surface area contributed by atoms with Crippen molar-refractivity contribution < 1.29 is 0 Å². The van der Waals surface area contributed by atoms with E-state index in [-0.39, 0.29) is 0 Å². The fourth-order valence-electron chi connectivity index (χ4n) is 1.41. The van der Waals surface area contributed by atoms with Gasteiger partial charge in [-0.25, -0.2) is 10.9 Å². The van der Waals surface area contributed by atoms with E-state index in [9.17, 15) is 0 Å². The summed E-state index contributed by atoms with van der Waals surface area (Å²) in [6.45, 7) is 8.36. The standard InChI is InChI=1S/C12H30N4/c1-3-5-10-14-16(12-8-7-9-13)15-11-6-4-2/h14-15H,3-13H2,1-2H3. The van der Waals surface area contributed by atoms with E-state index in [0.29, 0.717) is 0 Å². The summed E-state index contributed by atoms with van der Waals surface area (Å²) in [5.41, 5.74) is 12.3. The average Bonchev–Trinajstić information content (AvgIpc) is 2.29. The average molecular weight is 230 g/mol. The normalized spacial score (nSPS) is 11.2. The highest BCUT2D eigenvalue weighted by molar-refractivity contribution is 4.51. The van der Waals surface area contributed by atoms with Gasteiger partial charge in [0.1, 0.15) is 0 Å². The molecule has 0 fully saturated rings. The van der Waals surface area contributed by atoms with Crippen LogP contribution in [0.3, 0.4) is 0 Å². The van der Waals surface area contributed by atoms with Crippen molar-refractivity contribution in [3.63, 3.8) is 0 Å². The van der Waals surface area contributed by atoms with Gasteiger partial charge in [0, 0.05) is 19.6 Å². The number of hydrogen-bond acceptors (Lipinski definition) is 4. The molecule has 4 heteroatoms. The van der Waals surface area contributed by atoms with Crippen molar-refractivity contribution in [2.45, 2.75) is 52.4 Å². The van der Waals surface area contributed by atoms with Crippen LogP contribution in [0.2, 0.25) is 0 Å². The number of hydrogen-bond donors (Lipinski definition) is 3. The van der Waals surface area contributed by atoms with Gasteiger partial charge in [-0.3, -0.25) is 0 Å². The molecule has 0 heterocycles. The molecule has 0 saturated carbocycles. The molecule has 0 unspecified atom stereocenters. The molecule has 0 aliphatic heterocycles. The van der Waals surface area contributed by atoms with Crippen LogP contribution in [0.15, 0.2) is 0 Å². The molecule has 0 aromatic rings. The molecular weight excluding hydrogens is 200 g/mol. The first-order chi connectivity index (χ1) is 7.85. The van der Waals surface area contributed by atoms with Gasteiger partial charge in [0.15, 0.2) is 0 Å². The van der Waals surface area contributed by atoms with Crippen LogP contribution in [0.25, 0.3) is 0 Å². The second kappa shape index (κ2) is 12.9. The summed E-state index contributed by atoms with van der Waals surface area (Å²) in [5.74, 6) is 0. The molecule has 0 radical (unpaired) electrons. The van der Waals surface area contributed by atoms with Crippen molar-refractivity contribution in [2.75, 3.05) is 26.2 Å². The Balaban J connectivity index is 3.58. The predicted molar refractivity (Wildman–Crippen MR) is 70.8 cm³/mol. The fourth-order valence-corrected chi connectivity index (χ4v) is 1.41. The van der Waals surface area contributed by atoms with Crippen LogP contribution in [0.4, 0.5) is 0 Å². The maximum atomic E-state index is 5.50. The van der Waals surface area contributed by atoms with Gasteiger partial charge in [0.05, 0.1) is 0 Å². The summed E-state index contributed by atoms with van der Waals surface area (Å²) in [4.78, 5) is 0. The number of hydrazine groups is 2. The van der Waals surface area contributed by atoms with Crippen molar-refractivity contribution in [3.8, 4) is 0 Å². The molecule has 4 N–H and O–H groups in total. The predicted octanol–water partition coefficient (Wildman–Crippen LogP) is 1.64. The van der Waals surface area contributed by atoms with Crippen molar-refractivity contribution >= 4 is 0 Å². The highest BCUT2D eigenvalue weighted by atomic mass is 15.7. The quantitative estimate of drug-likeness (QED) is 0.352. The summed E-state index contributed by atoms with van der Waals surface area (Å²) in [7, 11) is 0. The van der Waals surface area contributed by atoms with E-state index in [1.54, 1.807) is 0 Å². The molecule has 0 rings (SSSR count). The van der Waals surface area contributed by atoms with E-state index >= 15 is 0 Å². The molecule has 0 bridgehead atoms. The van der Waals surface area contributed by atoms with Gasteiger partial charge < -0.3 is 5.73 Å². The molecule has 16 heavy (non-hydrogen) atoms. The topological polar surface area (TPSA) is 53.3 Å². The van der Waals surface area contributed by atoms with Gasteiger partial charge in [-0.1, -0.05) is 26.7 Å². The Morgan fingerprint density at radius 2 is 1.44 bits per heavy atom. The molecular formula is C12H30N4. The lowest BCUT2D eigenvalue weighted by Crippen LogP contribution is -2.49. The second-order valence-corrected chi connectivity index (χ2v) is 4.17. The lowest BCUT2D eigenvalue weighted by Gasteiger charge is -2.24. The van der Waals surface area contributed by atoms with E-state index in [0.717, 1.165) is 39.0 Å². The Morgan fingerprint density at radius 1 is 0.875 bits per heavy atom. The number of unbranched alkanes of at least 4 members (excludes halogenated alkanes) is 3. The summed E-state index contributed by atoms with van der Waals surface area (Å²) in [6.07, 6.45) is 7.17. The maximum absolute atomic E-state index is 5.50. The minimum atomic E-state index is 0.789. The molecule has 0 aromatic heterocycles. The Hall–Kier alpha value is -0.160. The van der Waals surface area contributed by atoms with Crippen molar-refractivity contribution in [1.82, 2.24) is 16.0 Å². The van der Waals surface area contributed by atoms with Crippen molar-refractivity contribution in [2.24, 2.45) is 5.73 Å². The lowest BCUT2D eigenvalue weighted by molar-refractivity contribution is 0.110. The third-order valence-corrected chi connectivity index (χ3v) is 2.50. The minimum Gasteiger partial charge on any atom is -0.330 e. The number of nitrogens with two attached hydrogens (primary N) is 1. The van der Waals surface area contributed by atoms with E-state index in [1.807, 2.05) is 0 Å². The molecule has 0 saturated heterocycles. The largest absolute Gasteiger partial charge is 0.330 e. The molecule has 4 nitrogen and oxygen atoms in total. The van der Waals surface area contributed by atoms with Crippen LogP contribution < -0.4 is 16.6 Å². The van der Waals surface area contributed by atoms with E-state index in [4.69, 9.17) is 5.73 Å². The summed E-state index contributed by atoms with van der Waals surface area (Å²) < 4.78 is 0. The smallest absolute Gasteiger partial charge is 0.0288 e. The summed E-state index contributed by atoms with van der Waals surface area (Å²) in [6, 6.07) is 0. The van der Waals surface area contributed by atoms with Crippen molar-refractivity contribution in [1.29, 1.82) is 0 Å². The molecule has 0 aromatic carbocycles. The highest BCUT2D eigenvalue weighted by Crippen LogP contribution is 1.91. The van der Waals surface area contributed by atoms with Gasteiger partial charge in [-0.05, 0) is 32.2 Å². The van der Waals surface area contributed by atoms with Gasteiger partial charge in [-0.2, -0.15) is 5.12 Å². The van der Waals surface area contributed by atoms with Gasteiger partial charge in [-0.15, -0.1) is 0 Å². The van der Waals surface area contributed by atoms with Crippen LogP contribution in [0, 0.1) is 0 Å². The van der Waals surface area contributed by atoms with Crippen molar-refractivity contribution in [3.05, 3.63) is 0 Å². The Labute approximate surface area is 101 Å². The minimum absolute atomic E-state index is 0.789. The highest BCUT2D eigenvalue weighted by Gasteiger charge is 2.01. The van der Waals surface area contributed by atoms with E-state index < -0.39 is 0 Å². The fraction of sp³-hybridized carbons (Fsp3) is 1.00. The summed E-state index contributed by atoms with van der Waals surface area (Å²) >= 11 is 0. The van der Waals surface area contributed by atoms with Crippen LogP contribution in [0.5, 0.6) is 0 Å². The Kier molecular flexibility index (Phi) is 12.8. The van der Waals surface area contributed by atoms with Gasteiger partial charge in [0.2, 0.25) is 0 Å². The van der Waals surface area contributed by atoms with Crippen LogP contribution >= 0.6 is 0 Å². The number of nitrogens with one attached hydrogen (secondary N) is 2. The molecule has 0 aliphatic rings.